The molecule has 0 amide bonds. The lowest BCUT2D eigenvalue weighted by Gasteiger charge is -2.14. The molecule has 1 aromatic carbocycles. The second-order valence-corrected chi connectivity index (χ2v) is 6.13. The van der Waals surface area contributed by atoms with E-state index >= 15 is 0 Å². The van der Waals surface area contributed by atoms with Gasteiger partial charge in [-0.05, 0) is 43.2 Å². The van der Waals surface area contributed by atoms with E-state index in [9.17, 15) is 0 Å². The lowest BCUT2D eigenvalue weighted by molar-refractivity contribution is 0.123. The molecule has 1 aromatic rings. The van der Waals surface area contributed by atoms with E-state index in [0.717, 1.165) is 51.2 Å². The second kappa shape index (κ2) is 11.0. The van der Waals surface area contributed by atoms with Gasteiger partial charge in [0.05, 0.1) is 6.61 Å². The van der Waals surface area contributed by atoms with Gasteiger partial charge in [-0.15, -0.1) is 0 Å². The van der Waals surface area contributed by atoms with Gasteiger partial charge in [0.2, 0.25) is 0 Å². The summed E-state index contributed by atoms with van der Waals surface area (Å²) in [5.74, 6) is 1.66. The summed E-state index contributed by atoms with van der Waals surface area (Å²) in [6.45, 7) is 6.75. The molecular formula is C19H31N3O2. The normalized spacial score (nSPS) is 14.7. The molecule has 1 fully saturated rings. The Labute approximate surface area is 145 Å². The fourth-order valence-electron chi connectivity index (χ4n) is 2.40. The molecule has 24 heavy (non-hydrogen) atoms. The lowest BCUT2D eigenvalue weighted by atomic mass is 10.1. The summed E-state index contributed by atoms with van der Waals surface area (Å²) in [7, 11) is 1.80. The minimum atomic E-state index is 0.652. The van der Waals surface area contributed by atoms with Crippen LogP contribution in [-0.4, -0.2) is 39.4 Å². The Morgan fingerprint density at radius 3 is 2.67 bits per heavy atom. The van der Waals surface area contributed by atoms with Gasteiger partial charge in [-0.3, -0.25) is 4.99 Å². The predicted octanol–water partition coefficient (Wildman–Crippen LogP) is 2.70. The van der Waals surface area contributed by atoms with Crippen LogP contribution in [0.1, 0.15) is 37.3 Å². The molecule has 2 rings (SSSR count). The van der Waals surface area contributed by atoms with Crippen molar-refractivity contribution < 1.29 is 9.47 Å². The summed E-state index contributed by atoms with van der Waals surface area (Å²) >= 11 is 0. The Morgan fingerprint density at radius 1 is 1.17 bits per heavy atom. The van der Waals surface area contributed by atoms with Crippen LogP contribution in [0.4, 0.5) is 0 Å². The molecule has 1 aliphatic rings. The van der Waals surface area contributed by atoms with E-state index in [4.69, 9.17) is 9.47 Å². The smallest absolute Gasteiger partial charge is 0.191 e. The van der Waals surface area contributed by atoms with Crippen molar-refractivity contribution in [3.05, 3.63) is 35.4 Å². The topological polar surface area (TPSA) is 54.9 Å². The van der Waals surface area contributed by atoms with E-state index < -0.39 is 0 Å². The third-order valence-corrected chi connectivity index (χ3v) is 4.06. The number of ether oxygens (including phenoxy) is 2. The maximum absolute atomic E-state index is 5.64. The monoisotopic (exact) mass is 333 g/mol. The van der Waals surface area contributed by atoms with Crippen molar-refractivity contribution in [1.82, 2.24) is 10.6 Å². The summed E-state index contributed by atoms with van der Waals surface area (Å²) in [4.78, 5) is 4.27. The van der Waals surface area contributed by atoms with Crippen LogP contribution in [-0.2, 0) is 22.6 Å². The van der Waals surface area contributed by atoms with Gasteiger partial charge in [0, 0.05) is 40.0 Å². The van der Waals surface area contributed by atoms with E-state index in [1.54, 1.807) is 7.05 Å². The highest BCUT2D eigenvalue weighted by atomic mass is 16.5. The third-order valence-electron chi connectivity index (χ3n) is 4.06. The van der Waals surface area contributed by atoms with E-state index in [0.29, 0.717) is 6.61 Å². The highest BCUT2D eigenvalue weighted by Gasteiger charge is 2.20. The number of benzene rings is 1. The third kappa shape index (κ3) is 7.32. The average molecular weight is 333 g/mol. The first-order valence-electron chi connectivity index (χ1n) is 9.00. The molecule has 0 radical (unpaired) electrons. The second-order valence-electron chi connectivity index (χ2n) is 6.13. The predicted molar refractivity (Wildman–Crippen MR) is 98.1 cm³/mol. The number of guanidine groups is 1. The maximum Gasteiger partial charge on any atom is 0.191 e. The molecule has 134 valence electrons. The minimum absolute atomic E-state index is 0.652. The molecule has 0 atom stereocenters. The fraction of sp³-hybridized carbons (Fsp3) is 0.632. The van der Waals surface area contributed by atoms with Gasteiger partial charge in [-0.1, -0.05) is 24.3 Å². The SMILES string of the molecule is CCOCc1ccccc1CNC(=NC)NCCCOCC1CC1. The first-order valence-corrected chi connectivity index (χ1v) is 9.00. The minimum Gasteiger partial charge on any atom is -0.381 e. The molecule has 1 saturated carbocycles. The molecule has 0 unspecified atom stereocenters. The van der Waals surface area contributed by atoms with Crippen LogP contribution in [0.5, 0.6) is 0 Å². The van der Waals surface area contributed by atoms with Gasteiger partial charge in [0.1, 0.15) is 0 Å². The Hall–Kier alpha value is -1.59. The van der Waals surface area contributed by atoms with Crippen LogP contribution in [0.3, 0.4) is 0 Å². The number of nitrogens with one attached hydrogen (secondary N) is 2. The number of hydrogen-bond donors (Lipinski definition) is 2. The molecule has 5 heteroatoms. The quantitative estimate of drug-likeness (QED) is 0.371. The van der Waals surface area contributed by atoms with Crippen molar-refractivity contribution in [2.24, 2.45) is 10.9 Å². The van der Waals surface area contributed by atoms with Crippen LogP contribution in [0, 0.1) is 5.92 Å². The van der Waals surface area contributed by atoms with Crippen molar-refractivity contribution in [2.45, 2.75) is 39.3 Å². The first-order chi connectivity index (χ1) is 11.8. The molecule has 0 saturated heterocycles. The molecule has 0 spiro atoms. The zero-order valence-electron chi connectivity index (χ0n) is 15.0. The van der Waals surface area contributed by atoms with Crippen molar-refractivity contribution in [2.75, 3.05) is 33.4 Å². The maximum atomic E-state index is 5.64. The summed E-state index contributed by atoms with van der Waals surface area (Å²) in [6.07, 6.45) is 3.69. The number of rotatable bonds is 11. The Kier molecular flexibility index (Phi) is 8.63. The van der Waals surface area contributed by atoms with Crippen molar-refractivity contribution in [1.29, 1.82) is 0 Å². The molecule has 1 aliphatic carbocycles. The summed E-state index contributed by atoms with van der Waals surface area (Å²) in [5, 5.41) is 6.70. The molecule has 0 heterocycles. The Morgan fingerprint density at radius 2 is 1.96 bits per heavy atom. The van der Waals surface area contributed by atoms with E-state index in [1.807, 2.05) is 13.0 Å². The molecule has 0 aliphatic heterocycles. The molecule has 0 bridgehead atoms. The van der Waals surface area contributed by atoms with Gasteiger partial charge in [-0.25, -0.2) is 0 Å². The van der Waals surface area contributed by atoms with Gasteiger partial charge in [0.15, 0.2) is 5.96 Å². The van der Waals surface area contributed by atoms with Crippen LogP contribution >= 0.6 is 0 Å². The van der Waals surface area contributed by atoms with Crippen LogP contribution in [0.25, 0.3) is 0 Å². The van der Waals surface area contributed by atoms with Crippen LogP contribution in [0.2, 0.25) is 0 Å². The molecule has 2 N–H and O–H groups in total. The summed E-state index contributed by atoms with van der Waals surface area (Å²) < 4.78 is 11.2. The fourth-order valence-corrected chi connectivity index (χ4v) is 2.40. The van der Waals surface area contributed by atoms with Crippen LogP contribution in [0.15, 0.2) is 29.3 Å². The van der Waals surface area contributed by atoms with Crippen molar-refractivity contribution in [3.8, 4) is 0 Å². The number of aliphatic imine (C=N–C) groups is 1. The highest BCUT2D eigenvalue weighted by molar-refractivity contribution is 5.79. The first kappa shape index (κ1) is 18.7. The number of nitrogens with zero attached hydrogens (tertiary/aromatic N) is 1. The van der Waals surface area contributed by atoms with Crippen molar-refractivity contribution in [3.63, 3.8) is 0 Å². The van der Waals surface area contributed by atoms with Crippen LogP contribution < -0.4 is 10.6 Å². The van der Waals surface area contributed by atoms with Crippen molar-refractivity contribution >= 4 is 5.96 Å². The molecule has 0 aromatic heterocycles. The summed E-state index contributed by atoms with van der Waals surface area (Å²) in [5.41, 5.74) is 2.46. The lowest BCUT2D eigenvalue weighted by Crippen LogP contribution is -2.37. The Balaban J connectivity index is 1.65. The van der Waals surface area contributed by atoms with E-state index in [1.165, 1.54) is 24.0 Å². The van der Waals surface area contributed by atoms with Gasteiger partial charge in [0.25, 0.3) is 0 Å². The van der Waals surface area contributed by atoms with E-state index in [-0.39, 0.29) is 0 Å². The highest BCUT2D eigenvalue weighted by Crippen LogP contribution is 2.28. The zero-order valence-corrected chi connectivity index (χ0v) is 15.0. The largest absolute Gasteiger partial charge is 0.381 e. The van der Waals surface area contributed by atoms with Gasteiger partial charge in [-0.2, -0.15) is 0 Å². The van der Waals surface area contributed by atoms with Gasteiger partial charge < -0.3 is 20.1 Å². The number of hydrogen-bond acceptors (Lipinski definition) is 3. The standard InChI is InChI=1S/C19H31N3O2/c1-3-23-15-18-8-5-4-7-17(18)13-22-19(20-2)21-11-6-12-24-14-16-9-10-16/h4-5,7-8,16H,3,6,9-15H2,1-2H3,(H2,20,21,22). The zero-order chi connectivity index (χ0) is 17.0. The average Bonchev–Trinajstić information content (AvgIpc) is 3.43. The van der Waals surface area contributed by atoms with E-state index in [2.05, 4.69) is 33.8 Å². The molecule has 5 nitrogen and oxygen atoms in total. The summed E-state index contributed by atoms with van der Waals surface area (Å²) in [6, 6.07) is 8.34. The van der Waals surface area contributed by atoms with Gasteiger partial charge >= 0.3 is 0 Å². The molecular weight excluding hydrogens is 302 g/mol. The Bertz CT molecular complexity index is 501.